The summed E-state index contributed by atoms with van der Waals surface area (Å²) in [4.78, 5) is 4.23. The van der Waals surface area contributed by atoms with E-state index in [2.05, 4.69) is 18.8 Å². The van der Waals surface area contributed by atoms with E-state index in [0.717, 1.165) is 31.7 Å². The minimum atomic E-state index is -0.628. The smallest absolute Gasteiger partial charge is 0.153 e. The molecule has 2 nitrogen and oxygen atoms in total. The molecule has 1 aromatic carbocycles. The van der Waals surface area contributed by atoms with Crippen molar-refractivity contribution in [3.8, 4) is 0 Å². The van der Waals surface area contributed by atoms with Gasteiger partial charge in [-0.2, -0.15) is 0 Å². The van der Waals surface area contributed by atoms with Gasteiger partial charge in [0.15, 0.2) is 5.82 Å². The minimum absolute atomic E-state index is 0.194. The van der Waals surface area contributed by atoms with Crippen LogP contribution >= 0.6 is 11.6 Å². The van der Waals surface area contributed by atoms with Gasteiger partial charge in [-0.3, -0.25) is 0 Å². The number of unbranched alkanes of at least 4 members (excludes halogenated alkanes) is 1. The first kappa shape index (κ1) is 16.2. The molecule has 1 atom stereocenters. The first-order valence-electron chi connectivity index (χ1n) is 7.50. The van der Waals surface area contributed by atoms with E-state index in [1.165, 1.54) is 6.07 Å². The Hall–Kier alpha value is -1.16. The van der Waals surface area contributed by atoms with Crippen molar-refractivity contribution in [1.82, 2.24) is 9.55 Å². The van der Waals surface area contributed by atoms with E-state index < -0.39 is 11.6 Å². The molecule has 5 heteroatoms. The summed E-state index contributed by atoms with van der Waals surface area (Å²) in [6.07, 6.45) is 4.43. The summed E-state index contributed by atoms with van der Waals surface area (Å²) < 4.78 is 29.2. The van der Waals surface area contributed by atoms with Crippen molar-refractivity contribution in [2.45, 2.75) is 52.0 Å². The molecule has 21 heavy (non-hydrogen) atoms. The van der Waals surface area contributed by atoms with Gasteiger partial charge in [0.2, 0.25) is 0 Å². The number of fused-ring (bicyclic) bond motifs is 1. The van der Waals surface area contributed by atoms with Crippen LogP contribution in [0, 0.1) is 17.6 Å². The summed E-state index contributed by atoms with van der Waals surface area (Å²) in [5, 5.41) is 0. The summed E-state index contributed by atoms with van der Waals surface area (Å²) in [6, 6.07) is 2.21. The fraction of sp³-hybridized carbons (Fsp3) is 0.562. The number of imidazole rings is 1. The lowest BCUT2D eigenvalue weighted by molar-refractivity contribution is 0.391. The molecule has 0 N–H and O–H groups in total. The molecule has 0 aliphatic carbocycles. The molecule has 0 fully saturated rings. The highest BCUT2D eigenvalue weighted by Crippen LogP contribution is 2.25. The van der Waals surface area contributed by atoms with Crippen molar-refractivity contribution in [2.24, 2.45) is 5.92 Å². The number of hydrogen-bond acceptors (Lipinski definition) is 1. The molecular weight excluding hydrogens is 294 g/mol. The molecule has 1 heterocycles. The molecular formula is C16H21ClF2N2. The van der Waals surface area contributed by atoms with Gasteiger partial charge in [-0.1, -0.05) is 33.1 Å². The largest absolute Gasteiger partial charge is 0.327 e. The topological polar surface area (TPSA) is 17.8 Å². The second-order valence-corrected chi connectivity index (χ2v) is 5.71. The highest BCUT2D eigenvalue weighted by Gasteiger charge is 2.17. The van der Waals surface area contributed by atoms with Crippen molar-refractivity contribution in [1.29, 1.82) is 0 Å². The lowest BCUT2D eigenvalue weighted by Crippen LogP contribution is -2.12. The third-order valence-corrected chi connectivity index (χ3v) is 4.19. The number of benzene rings is 1. The van der Waals surface area contributed by atoms with Crippen molar-refractivity contribution >= 4 is 22.6 Å². The maximum Gasteiger partial charge on any atom is 0.153 e. The van der Waals surface area contributed by atoms with Crippen molar-refractivity contribution < 1.29 is 8.78 Å². The van der Waals surface area contributed by atoms with E-state index in [1.807, 2.05) is 4.57 Å². The molecule has 0 aliphatic heterocycles. The second kappa shape index (κ2) is 7.21. The Balaban J connectivity index is 2.41. The molecule has 0 aliphatic rings. The van der Waals surface area contributed by atoms with Gasteiger partial charge in [-0.15, -0.1) is 11.6 Å². The number of alkyl halides is 1. The third kappa shape index (κ3) is 3.54. The molecule has 116 valence electrons. The zero-order valence-corrected chi connectivity index (χ0v) is 13.3. The van der Waals surface area contributed by atoms with Crippen molar-refractivity contribution in [3.05, 3.63) is 29.6 Å². The standard InChI is InChI=1S/C16H21ClF2N2/c1-3-5-6-11(4-2)10-21-14-8-12(18)7-13(19)16(14)20-15(21)9-17/h7-8,11H,3-6,9-10H2,1-2H3. The van der Waals surface area contributed by atoms with Crippen molar-refractivity contribution in [3.63, 3.8) is 0 Å². The monoisotopic (exact) mass is 314 g/mol. The molecule has 0 radical (unpaired) electrons. The minimum Gasteiger partial charge on any atom is -0.327 e. The average molecular weight is 315 g/mol. The molecule has 0 saturated carbocycles. The fourth-order valence-electron chi connectivity index (χ4n) is 2.68. The van der Waals surface area contributed by atoms with Crippen LogP contribution in [0.4, 0.5) is 8.78 Å². The predicted octanol–water partition coefficient (Wildman–Crippen LogP) is 5.27. The first-order valence-corrected chi connectivity index (χ1v) is 8.04. The number of hydrogen-bond donors (Lipinski definition) is 0. The van der Waals surface area contributed by atoms with E-state index in [1.54, 1.807) is 0 Å². The number of rotatable bonds is 7. The van der Waals surface area contributed by atoms with Crippen LogP contribution in [-0.2, 0) is 12.4 Å². The van der Waals surface area contributed by atoms with Gasteiger partial charge in [-0.25, -0.2) is 13.8 Å². The van der Waals surface area contributed by atoms with Gasteiger partial charge < -0.3 is 4.57 Å². The molecule has 2 rings (SSSR count). The summed E-state index contributed by atoms with van der Waals surface area (Å²) in [5.41, 5.74) is 0.704. The summed E-state index contributed by atoms with van der Waals surface area (Å²) in [5.74, 6) is 0.0577. The average Bonchev–Trinajstić information content (AvgIpc) is 2.81. The van der Waals surface area contributed by atoms with Gasteiger partial charge >= 0.3 is 0 Å². The Labute approximate surface area is 129 Å². The highest BCUT2D eigenvalue weighted by atomic mass is 35.5. The van der Waals surface area contributed by atoms with Gasteiger partial charge in [0.25, 0.3) is 0 Å². The fourth-order valence-corrected chi connectivity index (χ4v) is 2.88. The van der Waals surface area contributed by atoms with E-state index >= 15 is 0 Å². The van der Waals surface area contributed by atoms with Crippen LogP contribution in [0.15, 0.2) is 12.1 Å². The molecule has 1 aromatic heterocycles. The first-order chi connectivity index (χ1) is 10.1. The maximum absolute atomic E-state index is 13.8. The molecule has 0 saturated heterocycles. The van der Waals surface area contributed by atoms with Crippen LogP contribution in [0.5, 0.6) is 0 Å². The Morgan fingerprint density at radius 1 is 1.29 bits per heavy atom. The summed E-state index contributed by atoms with van der Waals surface area (Å²) in [7, 11) is 0. The number of nitrogens with zero attached hydrogens (tertiary/aromatic N) is 2. The zero-order chi connectivity index (χ0) is 15.4. The van der Waals surface area contributed by atoms with E-state index in [-0.39, 0.29) is 11.4 Å². The molecule has 0 bridgehead atoms. The van der Waals surface area contributed by atoms with Gasteiger partial charge in [0, 0.05) is 12.6 Å². The normalized spacial score (nSPS) is 13.0. The lowest BCUT2D eigenvalue weighted by Gasteiger charge is -2.17. The van der Waals surface area contributed by atoms with Crippen LogP contribution < -0.4 is 0 Å². The predicted molar refractivity (Wildman–Crippen MR) is 82.5 cm³/mol. The molecule has 0 amide bonds. The second-order valence-electron chi connectivity index (χ2n) is 5.44. The molecule has 0 spiro atoms. The zero-order valence-electron chi connectivity index (χ0n) is 12.5. The number of halogens is 3. The lowest BCUT2D eigenvalue weighted by atomic mass is 9.99. The van der Waals surface area contributed by atoms with Crippen molar-refractivity contribution in [2.75, 3.05) is 0 Å². The Morgan fingerprint density at radius 3 is 2.67 bits per heavy atom. The van der Waals surface area contributed by atoms with Crippen LogP contribution in [0.1, 0.15) is 45.4 Å². The summed E-state index contributed by atoms with van der Waals surface area (Å²) in [6.45, 7) is 5.01. The highest BCUT2D eigenvalue weighted by molar-refractivity contribution is 6.16. The Kier molecular flexibility index (Phi) is 5.57. The van der Waals surface area contributed by atoms with Crippen LogP contribution in [-0.4, -0.2) is 9.55 Å². The Morgan fingerprint density at radius 2 is 2.05 bits per heavy atom. The van der Waals surface area contributed by atoms with Gasteiger partial charge in [-0.05, 0) is 18.4 Å². The third-order valence-electron chi connectivity index (χ3n) is 3.95. The molecule has 1 unspecified atom stereocenters. The van der Waals surface area contributed by atoms with Crippen LogP contribution in [0.3, 0.4) is 0 Å². The van der Waals surface area contributed by atoms with Gasteiger partial charge in [0.05, 0.1) is 11.4 Å². The maximum atomic E-state index is 13.8. The van der Waals surface area contributed by atoms with Gasteiger partial charge in [0.1, 0.15) is 17.2 Å². The van der Waals surface area contributed by atoms with E-state index in [0.29, 0.717) is 23.8 Å². The summed E-state index contributed by atoms with van der Waals surface area (Å²) >= 11 is 5.93. The van der Waals surface area contributed by atoms with E-state index in [9.17, 15) is 8.78 Å². The molecule has 2 aromatic rings. The Bertz CT molecular complexity index is 610. The van der Waals surface area contributed by atoms with Crippen LogP contribution in [0.25, 0.3) is 11.0 Å². The quantitative estimate of drug-likeness (QED) is 0.637. The van der Waals surface area contributed by atoms with Crippen LogP contribution in [0.2, 0.25) is 0 Å². The van der Waals surface area contributed by atoms with E-state index in [4.69, 9.17) is 11.6 Å². The number of aromatic nitrogens is 2. The SMILES string of the molecule is CCCCC(CC)Cn1c(CCl)nc2c(F)cc(F)cc21.